The van der Waals surface area contributed by atoms with Gasteiger partial charge >= 0.3 is 13.3 Å². The zero-order valence-corrected chi connectivity index (χ0v) is 14.8. The topological polar surface area (TPSA) is 160 Å². The van der Waals surface area contributed by atoms with Crippen LogP contribution in [0.2, 0.25) is 0 Å². The van der Waals surface area contributed by atoms with Crippen LogP contribution in [-0.2, 0) is 16.0 Å². The van der Waals surface area contributed by atoms with Crippen molar-refractivity contribution in [2.24, 2.45) is 5.73 Å². The Bertz CT molecular complexity index is 733. The third kappa shape index (κ3) is 5.11. The van der Waals surface area contributed by atoms with E-state index in [1.54, 1.807) is 13.0 Å². The lowest BCUT2D eigenvalue weighted by atomic mass is 10.0. The lowest BCUT2D eigenvalue weighted by Gasteiger charge is -2.39. The van der Waals surface area contributed by atoms with Gasteiger partial charge in [0.2, 0.25) is 11.8 Å². The highest BCUT2D eigenvalue weighted by Gasteiger charge is 2.34. The number of aryl methyl sites for hydroxylation is 1. The summed E-state index contributed by atoms with van der Waals surface area (Å²) in [6.45, 7) is 2.25. The van der Waals surface area contributed by atoms with Crippen LogP contribution in [0, 0.1) is 0 Å². The molecule has 0 aromatic heterocycles. The van der Waals surface area contributed by atoms with Gasteiger partial charge < -0.3 is 35.2 Å². The molecule has 1 aromatic carbocycles. The summed E-state index contributed by atoms with van der Waals surface area (Å²) < 4.78 is 10.5. The number of amides is 2. The number of ether oxygens (including phenoxy) is 1. The molecule has 0 saturated carbocycles. The molecule has 0 atom stereocenters. The van der Waals surface area contributed by atoms with E-state index in [-0.39, 0.29) is 48.9 Å². The maximum Gasteiger partial charge on any atom is 0.707 e. The predicted molar refractivity (Wildman–Crippen MR) is 93.0 cm³/mol. The van der Waals surface area contributed by atoms with Crippen LogP contribution in [0.1, 0.15) is 35.7 Å². The van der Waals surface area contributed by atoms with Gasteiger partial charge in [-0.3, -0.25) is 9.59 Å². The van der Waals surface area contributed by atoms with Crippen LogP contribution >= 0.6 is 0 Å². The average Bonchev–Trinajstić information content (AvgIpc) is 2.54. The predicted octanol–water partition coefficient (Wildman–Crippen LogP) is -0.849. The summed E-state index contributed by atoms with van der Waals surface area (Å²) in [5, 5.41) is 27.7. The summed E-state index contributed by atoms with van der Waals surface area (Å²) in [6, 6.07) is 3.05. The minimum Gasteiger partial charge on any atom is -0.511 e. The van der Waals surface area contributed by atoms with Gasteiger partial charge in [0.1, 0.15) is 23.2 Å². The van der Waals surface area contributed by atoms with Crippen LogP contribution in [-0.4, -0.2) is 64.4 Å². The number of benzene rings is 1. The first kappa shape index (κ1) is 20.5. The molecule has 1 fully saturated rings. The minimum atomic E-state index is -2.18. The second-order valence-electron chi connectivity index (χ2n) is 6.03. The van der Waals surface area contributed by atoms with Crippen molar-refractivity contribution in [2.75, 3.05) is 13.1 Å². The van der Waals surface area contributed by atoms with E-state index in [0.29, 0.717) is 12.0 Å². The van der Waals surface area contributed by atoms with E-state index in [2.05, 4.69) is 0 Å². The van der Waals surface area contributed by atoms with Crippen molar-refractivity contribution in [1.82, 2.24) is 4.90 Å². The van der Waals surface area contributed by atoms with Crippen LogP contribution < -0.4 is 15.1 Å². The molecule has 11 heteroatoms. The minimum absolute atomic E-state index is 0.00425. The number of carboxylic acids is 1. The molecule has 1 aliphatic heterocycles. The maximum atomic E-state index is 11.9. The summed E-state index contributed by atoms with van der Waals surface area (Å²) >= 11 is 0. The van der Waals surface area contributed by atoms with Crippen LogP contribution in [0.3, 0.4) is 0 Å². The summed E-state index contributed by atoms with van der Waals surface area (Å²) in [5.41, 5.74) is 5.17. The third-order valence-electron chi connectivity index (χ3n) is 4.10. The van der Waals surface area contributed by atoms with Crippen molar-refractivity contribution in [3.05, 3.63) is 23.3 Å². The van der Waals surface area contributed by atoms with Gasteiger partial charge in [0.25, 0.3) is 0 Å². The van der Waals surface area contributed by atoms with E-state index < -0.39 is 25.3 Å². The van der Waals surface area contributed by atoms with Crippen molar-refractivity contribution in [3.63, 3.8) is 0 Å². The average molecular weight is 380 g/mol. The number of aromatic carboxylic acids is 1. The SMILES string of the molecule is CCc1ccc(OC2CN(C(=O)CCC(N)=O)C2)c(C(=O)O)c1OB(O)O. The quantitative estimate of drug-likeness (QED) is 0.403. The number of carbonyl (C=O) groups excluding carboxylic acids is 2. The lowest BCUT2D eigenvalue weighted by Crippen LogP contribution is -2.56. The van der Waals surface area contributed by atoms with E-state index in [4.69, 9.17) is 25.2 Å². The van der Waals surface area contributed by atoms with Gasteiger partial charge in [0, 0.05) is 12.8 Å². The van der Waals surface area contributed by atoms with Crippen molar-refractivity contribution < 1.29 is 38.9 Å². The van der Waals surface area contributed by atoms with Gasteiger partial charge in [-0.1, -0.05) is 13.0 Å². The van der Waals surface area contributed by atoms with E-state index in [1.165, 1.54) is 11.0 Å². The fraction of sp³-hybridized carbons (Fsp3) is 0.438. The third-order valence-corrected chi connectivity index (χ3v) is 4.10. The molecule has 10 nitrogen and oxygen atoms in total. The fourth-order valence-electron chi connectivity index (χ4n) is 2.71. The van der Waals surface area contributed by atoms with Crippen LogP contribution in [0.15, 0.2) is 12.1 Å². The first-order chi connectivity index (χ1) is 12.7. The number of hydrogen-bond donors (Lipinski definition) is 4. The van der Waals surface area contributed by atoms with Crippen molar-refractivity contribution in [3.8, 4) is 11.5 Å². The van der Waals surface area contributed by atoms with E-state index >= 15 is 0 Å². The Hall–Kier alpha value is -2.79. The largest absolute Gasteiger partial charge is 0.707 e. The Morgan fingerprint density at radius 1 is 1.26 bits per heavy atom. The molecular formula is C16H21BN2O8. The Labute approximate surface area is 155 Å². The van der Waals surface area contributed by atoms with Crippen molar-refractivity contribution in [1.29, 1.82) is 0 Å². The number of likely N-dealkylation sites (tertiary alicyclic amines) is 1. The van der Waals surface area contributed by atoms with Gasteiger partial charge in [-0.15, -0.1) is 0 Å². The van der Waals surface area contributed by atoms with E-state index in [9.17, 15) is 19.5 Å². The molecule has 146 valence electrons. The molecular weight excluding hydrogens is 359 g/mol. The first-order valence-corrected chi connectivity index (χ1v) is 8.37. The highest BCUT2D eigenvalue weighted by molar-refractivity contribution is 6.34. The smallest absolute Gasteiger partial charge is 0.511 e. The second kappa shape index (κ2) is 8.74. The molecule has 1 aromatic rings. The fourth-order valence-corrected chi connectivity index (χ4v) is 2.71. The monoisotopic (exact) mass is 380 g/mol. The number of carboxylic acid groups (broad SMARTS) is 1. The Balaban J connectivity index is 2.10. The van der Waals surface area contributed by atoms with E-state index in [0.717, 1.165) is 0 Å². The molecule has 0 bridgehead atoms. The summed E-state index contributed by atoms with van der Waals surface area (Å²) in [7, 11) is -2.18. The normalized spacial score (nSPS) is 13.7. The van der Waals surface area contributed by atoms with Gasteiger partial charge in [-0.25, -0.2) is 4.79 Å². The Morgan fingerprint density at radius 2 is 1.93 bits per heavy atom. The van der Waals surface area contributed by atoms with Crippen LogP contribution in [0.4, 0.5) is 0 Å². The first-order valence-electron chi connectivity index (χ1n) is 8.37. The number of hydrogen-bond acceptors (Lipinski definition) is 7. The number of primary amides is 1. The van der Waals surface area contributed by atoms with Gasteiger partial charge in [0.15, 0.2) is 0 Å². The molecule has 5 N–H and O–H groups in total. The molecule has 0 radical (unpaired) electrons. The molecule has 2 amide bonds. The second-order valence-corrected chi connectivity index (χ2v) is 6.03. The molecule has 0 aliphatic carbocycles. The van der Waals surface area contributed by atoms with Crippen molar-refractivity contribution in [2.45, 2.75) is 32.3 Å². The number of nitrogens with two attached hydrogens (primary N) is 1. The highest BCUT2D eigenvalue weighted by atomic mass is 16.6. The maximum absolute atomic E-state index is 11.9. The molecule has 1 aliphatic rings. The molecule has 1 saturated heterocycles. The van der Waals surface area contributed by atoms with E-state index in [1.807, 2.05) is 0 Å². The lowest BCUT2D eigenvalue weighted by molar-refractivity contribution is -0.141. The molecule has 2 rings (SSSR count). The summed E-state index contributed by atoms with van der Waals surface area (Å²) in [5.74, 6) is -2.31. The van der Waals surface area contributed by atoms with Crippen LogP contribution in [0.5, 0.6) is 11.5 Å². The Kier molecular flexibility index (Phi) is 6.64. The summed E-state index contributed by atoms with van der Waals surface area (Å²) in [6.07, 6.45) is -0.0408. The zero-order chi connectivity index (χ0) is 20.1. The highest BCUT2D eigenvalue weighted by Crippen LogP contribution is 2.34. The number of rotatable bonds is 9. The van der Waals surface area contributed by atoms with Crippen LogP contribution in [0.25, 0.3) is 0 Å². The zero-order valence-electron chi connectivity index (χ0n) is 14.8. The summed E-state index contributed by atoms with van der Waals surface area (Å²) in [4.78, 5) is 35.7. The number of carbonyl (C=O) groups is 3. The van der Waals surface area contributed by atoms with Gasteiger partial charge in [-0.2, -0.15) is 0 Å². The molecule has 27 heavy (non-hydrogen) atoms. The Morgan fingerprint density at radius 3 is 2.44 bits per heavy atom. The van der Waals surface area contributed by atoms with Gasteiger partial charge in [0.05, 0.1) is 13.1 Å². The molecule has 0 spiro atoms. The van der Waals surface area contributed by atoms with Gasteiger partial charge in [-0.05, 0) is 18.1 Å². The van der Waals surface area contributed by atoms with Crippen molar-refractivity contribution >= 4 is 25.1 Å². The molecule has 0 unspecified atom stereocenters. The number of nitrogens with zero attached hydrogens (tertiary/aromatic N) is 1. The molecule has 1 heterocycles. The standard InChI is InChI=1S/C16H21BN2O8/c1-2-9-3-4-11(14(16(22)23)15(9)27-17(24)25)26-10-7-19(8-10)13(21)6-5-12(18)20/h3-4,10,24-25H,2,5-8H2,1H3,(H2,18,20)(H,22,23).